The van der Waals surface area contributed by atoms with Crippen molar-refractivity contribution in [3.63, 3.8) is 0 Å². The maximum absolute atomic E-state index is 5.37. The smallest absolute Gasteiger partial charge is 0.239 e. The molecule has 0 unspecified atom stereocenters. The molecule has 0 fully saturated rings. The summed E-state index contributed by atoms with van der Waals surface area (Å²) in [5, 5.41) is 3.98. The molecule has 0 aromatic carbocycles. The van der Waals surface area contributed by atoms with Crippen molar-refractivity contribution in [2.75, 3.05) is 5.73 Å². The summed E-state index contributed by atoms with van der Waals surface area (Å²) in [5.74, 6) is 0.315. The molecule has 12 heavy (non-hydrogen) atoms. The number of allylic oxidation sites excluding steroid dienone is 1. The third-order valence-electron chi connectivity index (χ3n) is 1.68. The van der Waals surface area contributed by atoms with Crippen LogP contribution in [0.3, 0.4) is 0 Å². The molecule has 0 aliphatic carbocycles. The van der Waals surface area contributed by atoms with E-state index in [4.69, 9.17) is 5.73 Å². The molecule has 0 atom stereocenters. The van der Waals surface area contributed by atoms with Crippen LogP contribution < -0.4 is 5.73 Å². The Kier molecular flexibility index (Phi) is 2.17. The van der Waals surface area contributed by atoms with Gasteiger partial charge in [-0.1, -0.05) is 19.9 Å². The molecule has 0 saturated carbocycles. The van der Waals surface area contributed by atoms with Gasteiger partial charge < -0.3 is 5.73 Å². The molecule has 0 radical (unpaired) electrons. The fourth-order valence-electron chi connectivity index (χ4n) is 0.867. The normalized spacial score (nSPS) is 11.5. The number of rotatable bonds is 3. The van der Waals surface area contributed by atoms with Gasteiger partial charge in [0.05, 0.1) is 6.54 Å². The molecule has 1 heterocycles. The lowest BCUT2D eigenvalue weighted by atomic mass is 9.94. The van der Waals surface area contributed by atoms with E-state index in [-0.39, 0.29) is 5.41 Å². The van der Waals surface area contributed by atoms with Crippen molar-refractivity contribution in [1.29, 1.82) is 0 Å². The van der Waals surface area contributed by atoms with E-state index in [1.54, 1.807) is 11.0 Å². The predicted molar refractivity (Wildman–Crippen MR) is 48.4 cm³/mol. The molecule has 0 spiro atoms. The molecule has 2 N–H and O–H groups in total. The van der Waals surface area contributed by atoms with Gasteiger partial charge in [0.1, 0.15) is 6.33 Å². The Morgan fingerprint density at radius 3 is 2.83 bits per heavy atom. The Labute approximate surface area is 72.1 Å². The monoisotopic (exact) mass is 166 g/mol. The minimum Gasteiger partial charge on any atom is -0.367 e. The van der Waals surface area contributed by atoms with Crippen LogP contribution in [0.15, 0.2) is 19.0 Å². The van der Waals surface area contributed by atoms with E-state index in [1.165, 1.54) is 0 Å². The number of nitrogen functional groups attached to an aromatic ring is 1. The number of hydrogen-bond acceptors (Lipinski definition) is 3. The second-order valence-corrected chi connectivity index (χ2v) is 3.49. The summed E-state index contributed by atoms with van der Waals surface area (Å²) in [5.41, 5.74) is 5.40. The van der Waals surface area contributed by atoms with E-state index < -0.39 is 0 Å². The van der Waals surface area contributed by atoms with Crippen LogP contribution in [0.4, 0.5) is 5.95 Å². The molecular formula is C8H14N4. The number of nitrogens with zero attached hydrogens (tertiary/aromatic N) is 3. The molecule has 1 aromatic heterocycles. The lowest BCUT2D eigenvalue weighted by molar-refractivity contribution is 0.374. The Hall–Kier alpha value is -1.32. The Bertz CT molecular complexity index is 274. The summed E-state index contributed by atoms with van der Waals surface area (Å²) in [6, 6.07) is 0. The Morgan fingerprint density at radius 1 is 1.75 bits per heavy atom. The molecule has 0 saturated heterocycles. The molecule has 0 aliphatic rings. The van der Waals surface area contributed by atoms with Crippen LogP contribution in [0.5, 0.6) is 0 Å². The molecular weight excluding hydrogens is 152 g/mol. The first-order valence-corrected chi connectivity index (χ1v) is 3.82. The summed E-state index contributed by atoms with van der Waals surface area (Å²) in [7, 11) is 0. The highest BCUT2D eigenvalue weighted by atomic mass is 15.4. The zero-order valence-corrected chi connectivity index (χ0v) is 7.49. The Morgan fingerprint density at radius 2 is 2.42 bits per heavy atom. The van der Waals surface area contributed by atoms with E-state index >= 15 is 0 Å². The first-order valence-electron chi connectivity index (χ1n) is 3.82. The fraction of sp³-hybridized carbons (Fsp3) is 0.500. The highest BCUT2D eigenvalue weighted by Crippen LogP contribution is 2.18. The predicted octanol–water partition coefficient (Wildman–Crippen LogP) is 1.07. The summed E-state index contributed by atoms with van der Waals surface area (Å²) < 4.78 is 1.72. The van der Waals surface area contributed by atoms with Crippen molar-refractivity contribution < 1.29 is 0 Å². The molecule has 4 nitrogen and oxygen atoms in total. The van der Waals surface area contributed by atoms with Crippen molar-refractivity contribution in [3.8, 4) is 0 Å². The van der Waals surface area contributed by atoms with E-state index in [0.717, 1.165) is 6.54 Å². The maximum atomic E-state index is 5.37. The molecule has 0 amide bonds. The second kappa shape index (κ2) is 2.97. The number of nitrogens with two attached hydrogens (primary N) is 1. The maximum Gasteiger partial charge on any atom is 0.239 e. The van der Waals surface area contributed by atoms with Crippen molar-refractivity contribution in [2.45, 2.75) is 20.4 Å². The van der Waals surface area contributed by atoms with Crippen LogP contribution in [-0.2, 0) is 6.54 Å². The van der Waals surface area contributed by atoms with Gasteiger partial charge in [0.15, 0.2) is 0 Å². The lowest BCUT2D eigenvalue weighted by Gasteiger charge is -2.18. The standard InChI is InChI=1S/C8H14N4/c1-4-8(2,3)5-12-6-10-7(9)11-12/h4,6H,1,5H2,2-3H3,(H2,9,11). The van der Waals surface area contributed by atoms with Gasteiger partial charge in [0.25, 0.3) is 0 Å². The fourth-order valence-corrected chi connectivity index (χ4v) is 0.867. The SMILES string of the molecule is C=CC(C)(C)Cn1cnc(N)n1. The van der Waals surface area contributed by atoms with Gasteiger partial charge in [-0.3, -0.25) is 0 Å². The molecule has 4 heteroatoms. The largest absolute Gasteiger partial charge is 0.367 e. The summed E-state index contributed by atoms with van der Waals surface area (Å²) in [6.45, 7) is 8.66. The molecule has 66 valence electrons. The van der Waals surface area contributed by atoms with Gasteiger partial charge in [-0.2, -0.15) is 0 Å². The van der Waals surface area contributed by atoms with Crippen molar-refractivity contribution in [1.82, 2.24) is 14.8 Å². The molecule has 0 bridgehead atoms. The van der Waals surface area contributed by atoms with Gasteiger partial charge in [-0.15, -0.1) is 11.7 Å². The lowest BCUT2D eigenvalue weighted by Crippen LogP contribution is -2.17. The van der Waals surface area contributed by atoms with Gasteiger partial charge in [-0.25, -0.2) is 9.67 Å². The average Bonchev–Trinajstić information content (AvgIpc) is 2.35. The third kappa shape index (κ3) is 2.08. The summed E-state index contributed by atoms with van der Waals surface area (Å²) >= 11 is 0. The minimum atomic E-state index is 0.0279. The quantitative estimate of drug-likeness (QED) is 0.683. The molecule has 0 aliphatic heterocycles. The number of anilines is 1. The Balaban J connectivity index is 2.69. The van der Waals surface area contributed by atoms with Crippen LogP contribution in [0, 0.1) is 5.41 Å². The third-order valence-corrected chi connectivity index (χ3v) is 1.68. The highest BCUT2D eigenvalue weighted by molar-refractivity contribution is 5.09. The van der Waals surface area contributed by atoms with Crippen LogP contribution in [-0.4, -0.2) is 14.8 Å². The van der Waals surface area contributed by atoms with E-state index in [9.17, 15) is 0 Å². The van der Waals surface area contributed by atoms with Gasteiger partial charge >= 0.3 is 0 Å². The zero-order valence-electron chi connectivity index (χ0n) is 7.49. The summed E-state index contributed by atoms with van der Waals surface area (Å²) in [4.78, 5) is 3.83. The summed E-state index contributed by atoms with van der Waals surface area (Å²) in [6.07, 6.45) is 3.52. The van der Waals surface area contributed by atoms with E-state index in [1.807, 2.05) is 6.08 Å². The van der Waals surface area contributed by atoms with Gasteiger partial charge in [0.2, 0.25) is 5.95 Å². The average molecular weight is 166 g/mol. The van der Waals surface area contributed by atoms with Crippen molar-refractivity contribution in [2.24, 2.45) is 5.41 Å². The minimum absolute atomic E-state index is 0.0279. The van der Waals surface area contributed by atoms with Crippen LogP contribution in [0.25, 0.3) is 0 Å². The van der Waals surface area contributed by atoms with Crippen LogP contribution in [0.2, 0.25) is 0 Å². The number of hydrogen-bond donors (Lipinski definition) is 1. The first-order chi connectivity index (χ1) is 5.53. The second-order valence-electron chi connectivity index (χ2n) is 3.49. The first kappa shape index (κ1) is 8.77. The van der Waals surface area contributed by atoms with Crippen LogP contribution in [0.1, 0.15) is 13.8 Å². The zero-order chi connectivity index (χ0) is 9.19. The van der Waals surface area contributed by atoms with Crippen molar-refractivity contribution >= 4 is 5.95 Å². The molecule has 1 rings (SSSR count). The van der Waals surface area contributed by atoms with Crippen molar-refractivity contribution in [3.05, 3.63) is 19.0 Å². The van der Waals surface area contributed by atoms with E-state index in [2.05, 4.69) is 30.5 Å². The highest BCUT2D eigenvalue weighted by Gasteiger charge is 2.14. The topological polar surface area (TPSA) is 56.7 Å². The van der Waals surface area contributed by atoms with E-state index in [0.29, 0.717) is 5.95 Å². The number of aromatic nitrogens is 3. The molecule has 1 aromatic rings. The van der Waals surface area contributed by atoms with Gasteiger partial charge in [-0.05, 0) is 0 Å². The van der Waals surface area contributed by atoms with Gasteiger partial charge in [0, 0.05) is 5.41 Å². The van der Waals surface area contributed by atoms with Crippen LogP contribution >= 0.6 is 0 Å².